The summed E-state index contributed by atoms with van der Waals surface area (Å²) in [5.74, 6) is -1.77. The van der Waals surface area contributed by atoms with Gasteiger partial charge in [-0.05, 0) is 38.5 Å². The van der Waals surface area contributed by atoms with Crippen LogP contribution in [-0.4, -0.2) is 44.7 Å². The van der Waals surface area contributed by atoms with E-state index in [0.29, 0.717) is 5.56 Å². The summed E-state index contributed by atoms with van der Waals surface area (Å²) in [6, 6.07) is 5.23. The Labute approximate surface area is 146 Å². The lowest BCUT2D eigenvalue weighted by Gasteiger charge is -2.20. The van der Waals surface area contributed by atoms with Gasteiger partial charge in [-0.2, -0.15) is 0 Å². The van der Waals surface area contributed by atoms with Crippen LogP contribution in [0, 0.1) is 0 Å². The Hall–Kier alpha value is -2.42. The molecule has 0 aliphatic carbocycles. The fourth-order valence-electron chi connectivity index (χ4n) is 1.84. The number of rotatable bonds is 5. The SMILES string of the molecule is CC(C)(C)NC(=O)NC(=O)COC(=O)c1cccc(CS(C)(=O)=O)c1. The number of sulfone groups is 1. The highest BCUT2D eigenvalue weighted by atomic mass is 32.2. The number of ether oxygens (including phenoxy) is 1. The Balaban J connectivity index is 2.58. The van der Waals surface area contributed by atoms with Crippen LogP contribution in [0.25, 0.3) is 0 Å². The predicted octanol–water partition coefficient (Wildman–Crippen LogP) is 1.01. The minimum atomic E-state index is -3.23. The van der Waals surface area contributed by atoms with Gasteiger partial charge in [0, 0.05) is 11.8 Å². The van der Waals surface area contributed by atoms with E-state index in [1.54, 1.807) is 26.8 Å². The number of hydrogen-bond donors (Lipinski definition) is 2. The van der Waals surface area contributed by atoms with E-state index < -0.39 is 39.9 Å². The smallest absolute Gasteiger partial charge is 0.338 e. The minimum Gasteiger partial charge on any atom is -0.452 e. The quantitative estimate of drug-likeness (QED) is 0.747. The number of urea groups is 1. The maximum atomic E-state index is 11.9. The Kier molecular flexibility index (Phi) is 6.69. The van der Waals surface area contributed by atoms with E-state index in [1.165, 1.54) is 18.2 Å². The first-order valence-electron chi connectivity index (χ1n) is 7.41. The number of benzene rings is 1. The van der Waals surface area contributed by atoms with E-state index in [4.69, 9.17) is 4.74 Å². The second-order valence-electron chi connectivity index (χ2n) is 6.60. The molecule has 0 fully saturated rings. The fourth-order valence-corrected chi connectivity index (χ4v) is 2.62. The van der Waals surface area contributed by atoms with Crippen molar-refractivity contribution in [3.05, 3.63) is 35.4 Å². The Morgan fingerprint density at radius 3 is 2.36 bits per heavy atom. The lowest BCUT2D eigenvalue weighted by atomic mass is 10.1. The average Bonchev–Trinajstić information content (AvgIpc) is 2.41. The van der Waals surface area contributed by atoms with E-state index in [1.807, 2.05) is 5.32 Å². The molecule has 0 saturated heterocycles. The summed E-state index contributed by atoms with van der Waals surface area (Å²) in [7, 11) is -3.23. The molecule has 0 atom stereocenters. The van der Waals surface area contributed by atoms with Crippen molar-refractivity contribution in [2.24, 2.45) is 0 Å². The Morgan fingerprint density at radius 2 is 1.80 bits per heavy atom. The molecule has 1 rings (SSSR count). The topological polar surface area (TPSA) is 119 Å². The van der Waals surface area contributed by atoms with Gasteiger partial charge < -0.3 is 10.1 Å². The van der Waals surface area contributed by atoms with Crippen molar-refractivity contribution < 1.29 is 27.5 Å². The molecule has 0 spiro atoms. The molecule has 0 radical (unpaired) electrons. The number of carbonyl (C=O) groups excluding carboxylic acids is 3. The molecule has 3 amide bonds. The van der Waals surface area contributed by atoms with Crippen LogP contribution in [0.5, 0.6) is 0 Å². The fraction of sp³-hybridized carbons (Fsp3) is 0.438. The zero-order valence-electron chi connectivity index (χ0n) is 14.6. The summed E-state index contributed by atoms with van der Waals surface area (Å²) in [5.41, 5.74) is 0.0419. The molecule has 0 heterocycles. The van der Waals surface area contributed by atoms with Gasteiger partial charge in [-0.15, -0.1) is 0 Å². The monoisotopic (exact) mass is 370 g/mol. The van der Waals surface area contributed by atoms with Crippen LogP contribution >= 0.6 is 0 Å². The Bertz CT molecular complexity index is 765. The third kappa shape index (κ3) is 8.85. The number of nitrogens with one attached hydrogen (secondary N) is 2. The highest BCUT2D eigenvalue weighted by Crippen LogP contribution is 2.10. The van der Waals surface area contributed by atoms with Gasteiger partial charge in [-0.25, -0.2) is 18.0 Å². The summed E-state index contributed by atoms with van der Waals surface area (Å²) in [6.07, 6.45) is 1.09. The Morgan fingerprint density at radius 1 is 1.16 bits per heavy atom. The summed E-state index contributed by atoms with van der Waals surface area (Å²) in [4.78, 5) is 35.1. The first-order chi connectivity index (χ1) is 11.4. The molecular weight excluding hydrogens is 348 g/mol. The third-order valence-corrected chi connectivity index (χ3v) is 3.53. The van der Waals surface area contributed by atoms with Gasteiger partial charge in [0.15, 0.2) is 16.4 Å². The first kappa shape index (κ1) is 20.6. The molecule has 0 bridgehead atoms. The summed E-state index contributed by atoms with van der Waals surface area (Å²) >= 11 is 0. The van der Waals surface area contributed by atoms with Crippen molar-refractivity contribution >= 4 is 27.7 Å². The largest absolute Gasteiger partial charge is 0.452 e. The molecule has 1 aromatic rings. The lowest BCUT2D eigenvalue weighted by Crippen LogP contribution is -2.49. The van der Waals surface area contributed by atoms with Crippen molar-refractivity contribution in [1.82, 2.24) is 10.6 Å². The number of esters is 1. The molecule has 138 valence electrons. The maximum Gasteiger partial charge on any atom is 0.338 e. The highest BCUT2D eigenvalue weighted by Gasteiger charge is 2.17. The molecule has 0 unspecified atom stereocenters. The van der Waals surface area contributed by atoms with E-state index in [2.05, 4.69) is 5.32 Å². The van der Waals surface area contributed by atoms with Gasteiger partial charge >= 0.3 is 12.0 Å². The van der Waals surface area contributed by atoms with Crippen LogP contribution < -0.4 is 10.6 Å². The van der Waals surface area contributed by atoms with Gasteiger partial charge in [0.05, 0.1) is 11.3 Å². The summed E-state index contributed by atoms with van der Waals surface area (Å²) in [5, 5.41) is 4.57. The lowest BCUT2D eigenvalue weighted by molar-refractivity contribution is -0.123. The van der Waals surface area contributed by atoms with E-state index in [0.717, 1.165) is 6.26 Å². The number of hydrogen-bond acceptors (Lipinski definition) is 6. The van der Waals surface area contributed by atoms with E-state index in [-0.39, 0.29) is 11.3 Å². The van der Waals surface area contributed by atoms with E-state index >= 15 is 0 Å². The van der Waals surface area contributed by atoms with Crippen molar-refractivity contribution in [2.45, 2.75) is 32.1 Å². The van der Waals surface area contributed by atoms with Gasteiger partial charge in [0.25, 0.3) is 5.91 Å². The van der Waals surface area contributed by atoms with Crippen LogP contribution in [0.1, 0.15) is 36.7 Å². The minimum absolute atomic E-state index is 0.119. The van der Waals surface area contributed by atoms with Crippen LogP contribution in [-0.2, 0) is 25.1 Å². The second-order valence-corrected chi connectivity index (χ2v) is 8.74. The van der Waals surface area contributed by atoms with Crippen LogP contribution in [0.2, 0.25) is 0 Å². The third-order valence-electron chi connectivity index (χ3n) is 2.67. The molecule has 0 saturated carbocycles. The van der Waals surface area contributed by atoms with Crippen LogP contribution in [0.3, 0.4) is 0 Å². The number of carbonyl (C=O) groups is 3. The highest BCUT2D eigenvalue weighted by molar-refractivity contribution is 7.89. The van der Waals surface area contributed by atoms with Crippen molar-refractivity contribution in [2.75, 3.05) is 12.9 Å². The molecule has 0 aliphatic heterocycles. The van der Waals surface area contributed by atoms with Crippen LogP contribution in [0.15, 0.2) is 24.3 Å². The summed E-state index contributed by atoms with van der Waals surface area (Å²) in [6.45, 7) is 4.62. The standard InChI is InChI=1S/C16H22N2O6S/c1-16(2,3)18-15(21)17-13(19)9-24-14(20)12-7-5-6-11(8-12)10-25(4,22)23/h5-8H,9-10H2,1-4H3,(H2,17,18,19,21). The average molecular weight is 370 g/mol. The number of imide groups is 1. The van der Waals surface area contributed by atoms with Crippen molar-refractivity contribution in [3.8, 4) is 0 Å². The molecule has 8 nitrogen and oxygen atoms in total. The predicted molar refractivity (Wildman–Crippen MR) is 91.7 cm³/mol. The first-order valence-corrected chi connectivity index (χ1v) is 9.47. The molecular formula is C16H22N2O6S. The van der Waals surface area contributed by atoms with E-state index in [9.17, 15) is 22.8 Å². The second kappa shape index (κ2) is 8.11. The van der Waals surface area contributed by atoms with Crippen molar-refractivity contribution in [1.29, 1.82) is 0 Å². The van der Waals surface area contributed by atoms with Gasteiger partial charge in [0.2, 0.25) is 0 Å². The molecule has 1 aromatic carbocycles. The maximum absolute atomic E-state index is 11.9. The molecule has 0 aromatic heterocycles. The molecule has 2 N–H and O–H groups in total. The van der Waals surface area contributed by atoms with Gasteiger partial charge in [0.1, 0.15) is 0 Å². The molecule has 25 heavy (non-hydrogen) atoms. The van der Waals surface area contributed by atoms with Crippen LogP contribution in [0.4, 0.5) is 4.79 Å². The van der Waals surface area contributed by atoms with Crippen molar-refractivity contribution in [3.63, 3.8) is 0 Å². The number of amides is 3. The molecule has 0 aliphatic rings. The zero-order valence-corrected chi connectivity index (χ0v) is 15.4. The van der Waals surface area contributed by atoms with Gasteiger partial charge in [-0.3, -0.25) is 10.1 Å². The normalized spacial score (nSPS) is 11.5. The molecule has 9 heteroatoms. The van der Waals surface area contributed by atoms with Gasteiger partial charge in [-0.1, -0.05) is 12.1 Å². The summed E-state index contributed by atoms with van der Waals surface area (Å²) < 4.78 is 27.4. The zero-order chi connectivity index (χ0) is 19.3.